The van der Waals surface area contributed by atoms with Crippen molar-refractivity contribution in [1.29, 1.82) is 0 Å². The van der Waals surface area contributed by atoms with Crippen molar-refractivity contribution in [2.45, 2.75) is 45.8 Å². The van der Waals surface area contributed by atoms with Crippen LogP contribution in [0.4, 0.5) is 5.69 Å². The zero-order chi connectivity index (χ0) is 13.7. The van der Waals surface area contributed by atoms with Crippen LogP contribution in [-0.2, 0) is 0 Å². The Kier molecular flexibility index (Phi) is 5.08. The van der Waals surface area contributed by atoms with E-state index in [0.29, 0.717) is 6.04 Å². The van der Waals surface area contributed by atoms with E-state index in [0.717, 1.165) is 25.4 Å². The molecule has 1 atom stereocenters. The van der Waals surface area contributed by atoms with Gasteiger partial charge < -0.3 is 15.0 Å². The van der Waals surface area contributed by atoms with Crippen LogP contribution in [0.15, 0.2) is 24.3 Å². The lowest BCUT2D eigenvalue weighted by molar-refractivity contribution is 0.242. The topological polar surface area (TPSA) is 24.5 Å². The van der Waals surface area contributed by atoms with Gasteiger partial charge in [0.2, 0.25) is 0 Å². The Morgan fingerprint density at radius 2 is 2.05 bits per heavy atom. The van der Waals surface area contributed by atoms with Gasteiger partial charge in [0.05, 0.1) is 11.8 Å². The van der Waals surface area contributed by atoms with Crippen LogP contribution in [0.2, 0.25) is 0 Å². The molecule has 1 aromatic rings. The molecule has 106 valence electrons. The van der Waals surface area contributed by atoms with Crippen molar-refractivity contribution in [3.05, 3.63) is 24.3 Å². The summed E-state index contributed by atoms with van der Waals surface area (Å²) in [5.41, 5.74) is 1.23. The van der Waals surface area contributed by atoms with Gasteiger partial charge in [0, 0.05) is 19.1 Å². The number of benzene rings is 1. The van der Waals surface area contributed by atoms with E-state index in [1.165, 1.54) is 18.5 Å². The fourth-order valence-corrected chi connectivity index (χ4v) is 2.55. The van der Waals surface area contributed by atoms with Gasteiger partial charge in [-0.3, -0.25) is 0 Å². The lowest BCUT2D eigenvalue weighted by Crippen LogP contribution is -2.42. The maximum absolute atomic E-state index is 5.94. The van der Waals surface area contributed by atoms with Gasteiger partial charge >= 0.3 is 0 Å². The zero-order valence-corrected chi connectivity index (χ0v) is 12.4. The molecule has 3 heteroatoms. The van der Waals surface area contributed by atoms with Crippen molar-refractivity contribution < 1.29 is 4.74 Å². The molecule has 0 bridgehead atoms. The molecular formula is C16H26N2O. The second-order valence-corrected chi connectivity index (χ2v) is 5.64. The van der Waals surface area contributed by atoms with E-state index < -0.39 is 0 Å². The first-order chi connectivity index (χ1) is 9.16. The molecule has 1 unspecified atom stereocenters. The van der Waals surface area contributed by atoms with Crippen LogP contribution in [0.3, 0.4) is 0 Å². The molecule has 0 aromatic heterocycles. The van der Waals surface area contributed by atoms with Gasteiger partial charge in [-0.05, 0) is 52.3 Å². The summed E-state index contributed by atoms with van der Waals surface area (Å²) in [7, 11) is 0. The average Bonchev–Trinajstić information content (AvgIpc) is 2.34. The summed E-state index contributed by atoms with van der Waals surface area (Å²) < 4.78 is 5.94. The fraction of sp³-hybridized carbons (Fsp3) is 0.625. The maximum atomic E-state index is 5.94. The number of rotatable bonds is 3. The second-order valence-electron chi connectivity index (χ2n) is 5.64. The molecule has 19 heavy (non-hydrogen) atoms. The summed E-state index contributed by atoms with van der Waals surface area (Å²) in [6.07, 6.45) is 2.69. The van der Waals surface area contributed by atoms with Crippen molar-refractivity contribution in [2.24, 2.45) is 0 Å². The lowest BCUT2D eigenvalue weighted by Gasteiger charge is -2.32. The van der Waals surface area contributed by atoms with E-state index in [-0.39, 0.29) is 6.10 Å². The minimum atomic E-state index is 0.214. The quantitative estimate of drug-likeness (QED) is 0.906. The molecule has 0 spiro atoms. The SMILES string of the molecule is CC1CN(c2ccccc2OC(C)C)CCCCN1. The molecule has 1 saturated heterocycles. The van der Waals surface area contributed by atoms with Gasteiger partial charge in [-0.1, -0.05) is 12.1 Å². The highest BCUT2D eigenvalue weighted by atomic mass is 16.5. The number of para-hydroxylation sites is 2. The number of hydrogen-bond acceptors (Lipinski definition) is 3. The molecule has 1 aliphatic rings. The Hall–Kier alpha value is -1.22. The second kappa shape index (κ2) is 6.80. The van der Waals surface area contributed by atoms with Crippen LogP contribution in [0.5, 0.6) is 5.75 Å². The number of anilines is 1. The Morgan fingerprint density at radius 1 is 1.26 bits per heavy atom. The van der Waals surface area contributed by atoms with E-state index in [1.54, 1.807) is 0 Å². The van der Waals surface area contributed by atoms with Gasteiger partial charge in [-0.2, -0.15) is 0 Å². The third kappa shape index (κ3) is 4.13. The van der Waals surface area contributed by atoms with Crippen LogP contribution >= 0.6 is 0 Å². The largest absolute Gasteiger partial charge is 0.489 e. The first kappa shape index (κ1) is 14.2. The van der Waals surface area contributed by atoms with Crippen molar-refractivity contribution in [3.8, 4) is 5.75 Å². The van der Waals surface area contributed by atoms with Crippen molar-refractivity contribution in [3.63, 3.8) is 0 Å². The molecule has 1 heterocycles. The first-order valence-electron chi connectivity index (χ1n) is 7.41. The molecule has 1 N–H and O–H groups in total. The summed E-state index contributed by atoms with van der Waals surface area (Å²) in [5, 5.41) is 3.56. The third-order valence-corrected chi connectivity index (χ3v) is 3.41. The minimum Gasteiger partial charge on any atom is -0.489 e. The Labute approximate surface area is 116 Å². The van der Waals surface area contributed by atoms with E-state index in [2.05, 4.69) is 49.2 Å². The van der Waals surface area contributed by atoms with Gasteiger partial charge in [0.1, 0.15) is 5.75 Å². The molecule has 3 nitrogen and oxygen atoms in total. The lowest BCUT2D eigenvalue weighted by atomic mass is 10.1. The minimum absolute atomic E-state index is 0.214. The van der Waals surface area contributed by atoms with Crippen molar-refractivity contribution >= 4 is 5.69 Å². The van der Waals surface area contributed by atoms with Crippen LogP contribution in [0.1, 0.15) is 33.6 Å². The van der Waals surface area contributed by atoms with E-state index in [1.807, 2.05) is 6.07 Å². The maximum Gasteiger partial charge on any atom is 0.142 e. The fourth-order valence-electron chi connectivity index (χ4n) is 2.55. The Morgan fingerprint density at radius 3 is 2.84 bits per heavy atom. The Bertz CT molecular complexity index is 392. The monoisotopic (exact) mass is 262 g/mol. The molecule has 2 rings (SSSR count). The number of nitrogens with zero attached hydrogens (tertiary/aromatic N) is 1. The van der Waals surface area contributed by atoms with Crippen LogP contribution in [-0.4, -0.2) is 31.8 Å². The van der Waals surface area contributed by atoms with E-state index >= 15 is 0 Å². The normalized spacial score (nSPS) is 21.1. The summed E-state index contributed by atoms with van der Waals surface area (Å²) in [4.78, 5) is 2.45. The highest BCUT2D eigenvalue weighted by molar-refractivity contribution is 5.58. The Balaban J connectivity index is 2.18. The summed E-state index contributed by atoms with van der Waals surface area (Å²) in [5.74, 6) is 1.00. The molecule has 1 fully saturated rings. The van der Waals surface area contributed by atoms with Crippen LogP contribution in [0.25, 0.3) is 0 Å². The van der Waals surface area contributed by atoms with E-state index in [4.69, 9.17) is 4.74 Å². The van der Waals surface area contributed by atoms with Gasteiger partial charge in [-0.15, -0.1) is 0 Å². The molecule has 0 aliphatic carbocycles. The zero-order valence-electron chi connectivity index (χ0n) is 12.4. The van der Waals surface area contributed by atoms with Crippen LogP contribution in [0, 0.1) is 0 Å². The van der Waals surface area contributed by atoms with E-state index in [9.17, 15) is 0 Å². The third-order valence-electron chi connectivity index (χ3n) is 3.41. The predicted octanol–water partition coefficient (Wildman–Crippen LogP) is 3.05. The standard InChI is InChI=1S/C16H26N2O/c1-13(2)19-16-9-5-4-8-15(16)18-11-7-6-10-17-14(3)12-18/h4-5,8-9,13-14,17H,6-7,10-12H2,1-3H3. The van der Waals surface area contributed by atoms with Crippen molar-refractivity contribution in [1.82, 2.24) is 5.32 Å². The first-order valence-corrected chi connectivity index (χ1v) is 7.41. The highest BCUT2D eigenvalue weighted by Crippen LogP contribution is 2.29. The molecule has 0 amide bonds. The number of ether oxygens (including phenoxy) is 1. The molecular weight excluding hydrogens is 236 g/mol. The molecule has 0 saturated carbocycles. The molecule has 1 aromatic carbocycles. The summed E-state index contributed by atoms with van der Waals surface area (Å²) in [6.45, 7) is 9.70. The number of hydrogen-bond donors (Lipinski definition) is 1. The number of nitrogens with one attached hydrogen (secondary N) is 1. The molecule has 0 radical (unpaired) electrons. The smallest absolute Gasteiger partial charge is 0.142 e. The predicted molar refractivity (Wildman–Crippen MR) is 81.1 cm³/mol. The van der Waals surface area contributed by atoms with Gasteiger partial charge in [0.15, 0.2) is 0 Å². The van der Waals surface area contributed by atoms with Crippen molar-refractivity contribution in [2.75, 3.05) is 24.5 Å². The average molecular weight is 262 g/mol. The van der Waals surface area contributed by atoms with Gasteiger partial charge in [0.25, 0.3) is 0 Å². The van der Waals surface area contributed by atoms with Crippen LogP contribution < -0.4 is 15.0 Å². The molecule has 1 aliphatic heterocycles. The van der Waals surface area contributed by atoms with Gasteiger partial charge in [-0.25, -0.2) is 0 Å². The summed E-state index contributed by atoms with van der Waals surface area (Å²) >= 11 is 0. The summed E-state index contributed by atoms with van der Waals surface area (Å²) in [6, 6.07) is 8.91. The highest BCUT2D eigenvalue weighted by Gasteiger charge is 2.17.